The Bertz CT molecular complexity index is 307. The Morgan fingerprint density at radius 2 is 2.11 bits per heavy atom. The normalized spacial score (nSPS) is 38.6. The van der Waals surface area contributed by atoms with E-state index in [9.17, 15) is 4.79 Å². The van der Waals surface area contributed by atoms with Crippen LogP contribution in [0.4, 0.5) is 0 Å². The van der Waals surface area contributed by atoms with Crippen LogP contribution in [0.3, 0.4) is 0 Å². The molecule has 4 nitrogen and oxygen atoms in total. The highest BCUT2D eigenvalue weighted by Crippen LogP contribution is 2.34. The number of carbonyl (C=O) groups is 1. The van der Waals surface area contributed by atoms with Crippen LogP contribution in [0.2, 0.25) is 0 Å². The van der Waals surface area contributed by atoms with Crippen LogP contribution in [0.1, 0.15) is 45.4 Å². The highest BCUT2D eigenvalue weighted by Gasteiger charge is 2.44. The number of nitrogens with zero attached hydrogens (tertiary/aromatic N) is 1. The second kappa shape index (κ2) is 5.57. The van der Waals surface area contributed by atoms with E-state index in [-0.39, 0.29) is 5.91 Å². The van der Waals surface area contributed by atoms with Crippen molar-refractivity contribution in [2.75, 3.05) is 20.1 Å². The molecule has 0 spiro atoms. The number of likely N-dealkylation sites (N-methyl/N-ethyl adjacent to an activating group) is 1. The summed E-state index contributed by atoms with van der Waals surface area (Å²) in [4.78, 5) is 14.2. The lowest BCUT2D eigenvalue weighted by molar-refractivity contribution is -0.124. The van der Waals surface area contributed by atoms with E-state index in [0.717, 1.165) is 25.2 Å². The summed E-state index contributed by atoms with van der Waals surface area (Å²) < 4.78 is 0. The van der Waals surface area contributed by atoms with E-state index in [1.54, 1.807) is 0 Å². The third-order valence-electron chi connectivity index (χ3n) is 5.01. The lowest BCUT2D eigenvalue weighted by Crippen LogP contribution is -2.53. The number of amides is 1. The van der Waals surface area contributed by atoms with E-state index in [4.69, 9.17) is 5.73 Å². The molecule has 2 aliphatic rings. The predicted molar refractivity (Wildman–Crippen MR) is 73.2 cm³/mol. The molecule has 3 unspecified atom stereocenters. The topological polar surface area (TPSA) is 58.4 Å². The van der Waals surface area contributed by atoms with E-state index in [2.05, 4.69) is 17.1 Å². The zero-order valence-electron chi connectivity index (χ0n) is 11.7. The number of nitrogens with one attached hydrogen (secondary N) is 1. The lowest BCUT2D eigenvalue weighted by atomic mass is 9.96. The van der Waals surface area contributed by atoms with E-state index >= 15 is 0 Å². The first-order chi connectivity index (χ1) is 8.57. The molecule has 18 heavy (non-hydrogen) atoms. The molecule has 0 radical (unpaired) electrons. The molecule has 4 heteroatoms. The maximum absolute atomic E-state index is 11.6. The molecule has 1 amide bonds. The van der Waals surface area contributed by atoms with Crippen molar-refractivity contribution in [2.24, 2.45) is 11.7 Å². The summed E-state index contributed by atoms with van der Waals surface area (Å²) in [6.45, 7) is 4.72. The van der Waals surface area contributed by atoms with Gasteiger partial charge in [-0.1, -0.05) is 6.92 Å². The van der Waals surface area contributed by atoms with Crippen molar-refractivity contribution in [1.29, 1.82) is 0 Å². The molecule has 2 rings (SSSR count). The molecular formula is C14H27N3O. The van der Waals surface area contributed by atoms with Gasteiger partial charge in [0.15, 0.2) is 0 Å². The van der Waals surface area contributed by atoms with Gasteiger partial charge < -0.3 is 16.0 Å². The highest BCUT2D eigenvalue weighted by molar-refractivity contribution is 5.85. The molecule has 1 heterocycles. The number of hydrogen-bond donors (Lipinski definition) is 2. The van der Waals surface area contributed by atoms with Crippen molar-refractivity contribution in [3.05, 3.63) is 0 Å². The van der Waals surface area contributed by atoms with Gasteiger partial charge in [0, 0.05) is 6.04 Å². The third-order valence-corrected chi connectivity index (χ3v) is 5.01. The first-order valence-corrected chi connectivity index (χ1v) is 7.30. The molecule has 1 aliphatic heterocycles. The maximum atomic E-state index is 11.6. The highest BCUT2D eigenvalue weighted by atomic mass is 16.1. The van der Waals surface area contributed by atoms with Gasteiger partial charge in [0.25, 0.3) is 0 Å². The van der Waals surface area contributed by atoms with Gasteiger partial charge in [-0.25, -0.2) is 0 Å². The zero-order chi connectivity index (χ0) is 13.2. The summed E-state index contributed by atoms with van der Waals surface area (Å²) in [5, 5.41) is 3.17. The summed E-state index contributed by atoms with van der Waals surface area (Å²) in [6.07, 6.45) is 6.79. The Morgan fingerprint density at radius 3 is 2.72 bits per heavy atom. The monoisotopic (exact) mass is 253 g/mol. The molecule has 1 aliphatic carbocycles. The molecule has 3 atom stereocenters. The first kappa shape index (κ1) is 13.8. The summed E-state index contributed by atoms with van der Waals surface area (Å²) in [6, 6.07) is 0.537. The first-order valence-electron chi connectivity index (χ1n) is 7.30. The molecule has 1 saturated heterocycles. The average molecular weight is 253 g/mol. The Hall–Kier alpha value is -0.610. The number of rotatable bonds is 3. The summed E-state index contributed by atoms with van der Waals surface area (Å²) in [5.41, 5.74) is 5.11. The molecular weight excluding hydrogens is 226 g/mol. The van der Waals surface area contributed by atoms with Gasteiger partial charge in [-0.2, -0.15) is 0 Å². The number of carbonyl (C=O) groups excluding carboxylic acids is 1. The smallest absolute Gasteiger partial charge is 0.237 e. The quantitative estimate of drug-likeness (QED) is 0.792. The Kier molecular flexibility index (Phi) is 4.28. The summed E-state index contributed by atoms with van der Waals surface area (Å²) in [7, 11) is 1.86. The van der Waals surface area contributed by atoms with Gasteiger partial charge in [-0.3, -0.25) is 4.79 Å². The largest absolute Gasteiger partial charge is 0.368 e. The van der Waals surface area contributed by atoms with Gasteiger partial charge in [0.1, 0.15) is 0 Å². The number of likely N-dealkylation sites (tertiary alicyclic amines) is 1. The van der Waals surface area contributed by atoms with Crippen LogP contribution >= 0.6 is 0 Å². The molecule has 2 fully saturated rings. The molecule has 104 valence electrons. The fourth-order valence-electron chi connectivity index (χ4n) is 3.56. The molecule has 0 aromatic rings. The average Bonchev–Trinajstić information content (AvgIpc) is 2.68. The van der Waals surface area contributed by atoms with E-state index in [1.165, 1.54) is 32.4 Å². The van der Waals surface area contributed by atoms with Crippen LogP contribution in [0.25, 0.3) is 0 Å². The Balaban J connectivity index is 1.97. The Morgan fingerprint density at radius 1 is 1.33 bits per heavy atom. The van der Waals surface area contributed by atoms with Crippen molar-refractivity contribution in [1.82, 2.24) is 10.2 Å². The number of hydrogen-bond acceptors (Lipinski definition) is 3. The molecule has 3 N–H and O–H groups in total. The minimum atomic E-state index is -0.456. The molecule has 0 aromatic heterocycles. The number of primary amides is 1. The fourth-order valence-corrected chi connectivity index (χ4v) is 3.56. The standard InChI is InChI=1S/C14H27N3O/c1-11-4-3-8-17(9-6-11)12-5-7-14(10-12,16-2)13(15)18/h11-12,16H,3-10H2,1-2H3,(H2,15,18). The lowest BCUT2D eigenvalue weighted by Gasteiger charge is -2.30. The second-order valence-electron chi connectivity index (χ2n) is 6.17. The molecule has 0 aromatic carbocycles. The summed E-state index contributed by atoms with van der Waals surface area (Å²) >= 11 is 0. The van der Waals surface area contributed by atoms with Crippen molar-refractivity contribution in [3.8, 4) is 0 Å². The maximum Gasteiger partial charge on any atom is 0.237 e. The second-order valence-corrected chi connectivity index (χ2v) is 6.17. The van der Waals surface area contributed by atoms with Gasteiger partial charge in [0.2, 0.25) is 5.91 Å². The Labute approximate surface area is 110 Å². The minimum absolute atomic E-state index is 0.185. The van der Waals surface area contributed by atoms with Gasteiger partial charge >= 0.3 is 0 Å². The van der Waals surface area contributed by atoms with Gasteiger partial charge in [-0.15, -0.1) is 0 Å². The van der Waals surface area contributed by atoms with Gasteiger partial charge in [-0.05, 0) is 64.6 Å². The zero-order valence-corrected chi connectivity index (χ0v) is 11.7. The van der Waals surface area contributed by atoms with Crippen LogP contribution in [-0.4, -0.2) is 42.5 Å². The van der Waals surface area contributed by atoms with Crippen LogP contribution in [0.15, 0.2) is 0 Å². The van der Waals surface area contributed by atoms with Gasteiger partial charge in [0.05, 0.1) is 5.54 Å². The van der Waals surface area contributed by atoms with Crippen LogP contribution in [0, 0.1) is 5.92 Å². The van der Waals surface area contributed by atoms with Crippen LogP contribution < -0.4 is 11.1 Å². The van der Waals surface area contributed by atoms with Crippen molar-refractivity contribution < 1.29 is 4.79 Å². The SMILES string of the molecule is CNC1(C(N)=O)CCC(N2CCCC(C)CC2)C1. The van der Waals surface area contributed by atoms with Crippen molar-refractivity contribution in [3.63, 3.8) is 0 Å². The van der Waals surface area contributed by atoms with E-state index in [0.29, 0.717) is 6.04 Å². The van der Waals surface area contributed by atoms with Crippen LogP contribution in [-0.2, 0) is 4.79 Å². The number of nitrogens with two attached hydrogens (primary N) is 1. The molecule has 1 saturated carbocycles. The fraction of sp³-hybridized carbons (Fsp3) is 0.929. The minimum Gasteiger partial charge on any atom is -0.368 e. The van der Waals surface area contributed by atoms with Crippen molar-refractivity contribution >= 4 is 5.91 Å². The molecule has 0 bridgehead atoms. The van der Waals surface area contributed by atoms with Crippen molar-refractivity contribution in [2.45, 2.75) is 57.0 Å². The van der Waals surface area contributed by atoms with E-state index < -0.39 is 5.54 Å². The van der Waals surface area contributed by atoms with E-state index in [1.807, 2.05) is 7.05 Å². The third kappa shape index (κ3) is 2.69. The summed E-state index contributed by atoms with van der Waals surface area (Å²) in [5.74, 6) is 0.664. The van der Waals surface area contributed by atoms with Crippen LogP contribution in [0.5, 0.6) is 0 Å². The predicted octanol–water partition coefficient (Wildman–Crippen LogP) is 1.10.